The fraction of sp³-hybridized carbons (Fsp3) is 0.375. The third kappa shape index (κ3) is 3.41. The van der Waals surface area contributed by atoms with E-state index >= 15 is 0 Å². The number of halogens is 1. The van der Waals surface area contributed by atoms with Crippen molar-refractivity contribution in [3.8, 4) is 22.6 Å². The summed E-state index contributed by atoms with van der Waals surface area (Å²) in [6, 6.07) is 5.59. The van der Waals surface area contributed by atoms with Crippen molar-refractivity contribution in [3.05, 3.63) is 24.4 Å². The van der Waals surface area contributed by atoms with Crippen molar-refractivity contribution in [3.63, 3.8) is 0 Å². The summed E-state index contributed by atoms with van der Waals surface area (Å²) in [7, 11) is 0. The number of aromatic amines is 1. The number of nitrogens with two attached hydrogens (primary N) is 1. The summed E-state index contributed by atoms with van der Waals surface area (Å²) in [5.74, 6) is 1.71. The van der Waals surface area contributed by atoms with Crippen molar-refractivity contribution in [1.82, 2.24) is 10.2 Å². The number of amides is 1. The van der Waals surface area contributed by atoms with E-state index in [0.717, 1.165) is 17.5 Å². The van der Waals surface area contributed by atoms with Gasteiger partial charge in [-0.15, -0.1) is 12.4 Å². The van der Waals surface area contributed by atoms with Gasteiger partial charge in [-0.2, -0.15) is 5.10 Å². The van der Waals surface area contributed by atoms with E-state index in [2.05, 4.69) is 15.5 Å². The molecular formula is C16H19ClN4O4. The van der Waals surface area contributed by atoms with E-state index in [1.807, 2.05) is 18.2 Å². The number of aromatic nitrogens is 2. The molecule has 3 heterocycles. The molecule has 8 nitrogen and oxygen atoms in total. The van der Waals surface area contributed by atoms with Crippen LogP contribution in [0, 0.1) is 0 Å². The van der Waals surface area contributed by atoms with Crippen molar-refractivity contribution in [2.45, 2.75) is 25.0 Å². The monoisotopic (exact) mass is 366 g/mol. The molecule has 1 amide bonds. The zero-order valence-corrected chi connectivity index (χ0v) is 14.2. The van der Waals surface area contributed by atoms with Gasteiger partial charge in [0.2, 0.25) is 6.79 Å². The average Bonchev–Trinajstić information content (AvgIpc) is 3.33. The smallest absolute Gasteiger partial charge is 0.254 e. The Hall–Kier alpha value is -2.29. The fourth-order valence-corrected chi connectivity index (χ4v) is 2.94. The number of nitrogens with one attached hydrogen (secondary N) is 2. The van der Waals surface area contributed by atoms with E-state index in [1.165, 1.54) is 0 Å². The summed E-state index contributed by atoms with van der Waals surface area (Å²) in [4.78, 5) is 12.4. The van der Waals surface area contributed by atoms with E-state index in [-0.39, 0.29) is 31.2 Å². The van der Waals surface area contributed by atoms with Crippen molar-refractivity contribution in [1.29, 1.82) is 0 Å². The van der Waals surface area contributed by atoms with Crippen molar-refractivity contribution >= 4 is 24.1 Å². The molecule has 1 saturated heterocycles. The van der Waals surface area contributed by atoms with Gasteiger partial charge >= 0.3 is 0 Å². The highest BCUT2D eigenvalue weighted by Gasteiger charge is 2.30. The minimum absolute atomic E-state index is 0. The Morgan fingerprint density at radius 1 is 1.32 bits per heavy atom. The van der Waals surface area contributed by atoms with Crippen LogP contribution >= 0.6 is 12.4 Å². The molecule has 2 aromatic rings. The minimum Gasteiger partial charge on any atom is -0.454 e. The number of anilines is 1. The SMILES string of the molecule is Cl.NC[C@H]1CC[C@@H](C(=O)Nc2[nH]ncc2-c2ccc3c(c2)OCO3)O1. The van der Waals surface area contributed by atoms with E-state index in [1.54, 1.807) is 6.20 Å². The average molecular weight is 367 g/mol. The molecular weight excluding hydrogens is 348 g/mol. The first kappa shape index (κ1) is 17.5. The van der Waals surface area contributed by atoms with Gasteiger partial charge in [-0.3, -0.25) is 9.89 Å². The molecule has 1 fully saturated rings. The van der Waals surface area contributed by atoms with E-state index in [4.69, 9.17) is 19.9 Å². The Balaban J connectivity index is 0.00000182. The Bertz CT molecular complexity index is 766. The molecule has 4 N–H and O–H groups in total. The summed E-state index contributed by atoms with van der Waals surface area (Å²) in [6.07, 6.45) is 2.60. The number of carbonyl (C=O) groups is 1. The molecule has 9 heteroatoms. The Morgan fingerprint density at radius 2 is 2.16 bits per heavy atom. The summed E-state index contributed by atoms with van der Waals surface area (Å²) in [5, 5.41) is 9.70. The molecule has 0 bridgehead atoms. The maximum atomic E-state index is 12.4. The standard InChI is InChI=1S/C16H18N4O4.ClH/c17-6-10-2-4-13(24-10)16(21)19-15-11(7-18-20-15)9-1-3-12-14(5-9)23-8-22-12;/h1,3,5,7,10,13H,2,4,6,8,17H2,(H2,18,19,20,21);1H/t10-,13+;/m1./s1. The molecule has 2 aliphatic heterocycles. The predicted octanol–water partition coefficient (Wildman–Crippen LogP) is 1.67. The highest BCUT2D eigenvalue weighted by atomic mass is 35.5. The summed E-state index contributed by atoms with van der Waals surface area (Å²) in [5.41, 5.74) is 7.23. The summed E-state index contributed by atoms with van der Waals surface area (Å²) >= 11 is 0. The number of hydrogen-bond donors (Lipinski definition) is 3. The second kappa shape index (κ2) is 7.30. The molecule has 2 atom stereocenters. The second-order valence-electron chi connectivity index (χ2n) is 5.78. The van der Waals surface area contributed by atoms with Crippen LogP contribution in [0.15, 0.2) is 24.4 Å². The maximum absolute atomic E-state index is 12.4. The van der Waals surface area contributed by atoms with Crippen molar-refractivity contribution in [2.75, 3.05) is 18.7 Å². The van der Waals surface area contributed by atoms with Gasteiger partial charge in [0.05, 0.1) is 12.3 Å². The van der Waals surface area contributed by atoms with Gasteiger partial charge in [-0.1, -0.05) is 6.07 Å². The zero-order chi connectivity index (χ0) is 16.5. The normalized spacial score (nSPS) is 21.0. The maximum Gasteiger partial charge on any atom is 0.254 e. The van der Waals surface area contributed by atoms with E-state index in [9.17, 15) is 4.79 Å². The van der Waals surface area contributed by atoms with Crippen molar-refractivity contribution in [2.24, 2.45) is 5.73 Å². The second-order valence-corrected chi connectivity index (χ2v) is 5.78. The van der Waals surface area contributed by atoms with Crippen LogP contribution in [-0.4, -0.2) is 41.7 Å². The van der Waals surface area contributed by atoms with Crippen LogP contribution in [0.5, 0.6) is 11.5 Å². The van der Waals surface area contributed by atoms with Crippen LogP contribution in [0.4, 0.5) is 5.82 Å². The Morgan fingerprint density at radius 3 is 2.96 bits per heavy atom. The third-order valence-electron chi connectivity index (χ3n) is 4.23. The molecule has 0 saturated carbocycles. The highest BCUT2D eigenvalue weighted by molar-refractivity contribution is 5.97. The highest BCUT2D eigenvalue weighted by Crippen LogP contribution is 2.37. The molecule has 1 aromatic heterocycles. The number of ether oxygens (including phenoxy) is 3. The number of benzene rings is 1. The van der Waals surface area contributed by atoms with Gasteiger partial charge in [0, 0.05) is 12.1 Å². The largest absolute Gasteiger partial charge is 0.454 e. The Labute approximate surface area is 150 Å². The van der Waals surface area contributed by atoms with Gasteiger partial charge in [-0.05, 0) is 30.5 Å². The van der Waals surface area contributed by atoms with Crippen LogP contribution < -0.4 is 20.5 Å². The van der Waals surface area contributed by atoms with Gasteiger partial charge in [-0.25, -0.2) is 0 Å². The van der Waals surface area contributed by atoms with Crippen LogP contribution in [-0.2, 0) is 9.53 Å². The molecule has 134 valence electrons. The molecule has 2 aliphatic rings. The fourth-order valence-electron chi connectivity index (χ4n) is 2.94. The molecule has 0 unspecified atom stereocenters. The van der Waals surface area contributed by atoms with Crippen LogP contribution in [0.1, 0.15) is 12.8 Å². The topological polar surface area (TPSA) is 111 Å². The first-order valence-electron chi connectivity index (χ1n) is 7.84. The van der Waals surface area contributed by atoms with Crippen LogP contribution in [0.25, 0.3) is 11.1 Å². The summed E-state index contributed by atoms with van der Waals surface area (Å²) < 4.78 is 16.3. The van der Waals surface area contributed by atoms with Gasteiger partial charge < -0.3 is 25.3 Å². The first-order valence-corrected chi connectivity index (χ1v) is 7.84. The zero-order valence-electron chi connectivity index (χ0n) is 13.4. The lowest BCUT2D eigenvalue weighted by Crippen LogP contribution is -2.30. The first-order chi connectivity index (χ1) is 11.7. The van der Waals surface area contributed by atoms with Gasteiger partial charge in [0.1, 0.15) is 11.9 Å². The van der Waals surface area contributed by atoms with E-state index in [0.29, 0.717) is 30.3 Å². The molecule has 0 radical (unpaired) electrons. The summed E-state index contributed by atoms with van der Waals surface area (Å²) in [6.45, 7) is 0.644. The molecule has 0 spiro atoms. The number of rotatable bonds is 4. The third-order valence-corrected chi connectivity index (χ3v) is 4.23. The Kier molecular flexibility index (Phi) is 5.12. The number of fused-ring (bicyclic) bond motifs is 1. The number of nitrogens with zero attached hydrogens (tertiary/aromatic N) is 1. The molecule has 0 aliphatic carbocycles. The molecule has 25 heavy (non-hydrogen) atoms. The lowest BCUT2D eigenvalue weighted by molar-refractivity contribution is -0.126. The lowest BCUT2D eigenvalue weighted by Gasteiger charge is -2.12. The van der Waals surface area contributed by atoms with Gasteiger partial charge in [0.25, 0.3) is 5.91 Å². The van der Waals surface area contributed by atoms with Crippen LogP contribution in [0.3, 0.4) is 0 Å². The molecule has 1 aromatic carbocycles. The minimum atomic E-state index is -0.480. The quantitative estimate of drug-likeness (QED) is 0.759. The van der Waals surface area contributed by atoms with Gasteiger partial charge in [0.15, 0.2) is 11.5 Å². The number of H-pyrrole nitrogens is 1. The number of hydrogen-bond acceptors (Lipinski definition) is 6. The number of carbonyl (C=O) groups excluding carboxylic acids is 1. The van der Waals surface area contributed by atoms with Crippen LogP contribution in [0.2, 0.25) is 0 Å². The van der Waals surface area contributed by atoms with E-state index < -0.39 is 6.10 Å². The molecule has 4 rings (SSSR count). The van der Waals surface area contributed by atoms with Crippen molar-refractivity contribution < 1.29 is 19.0 Å². The predicted molar refractivity (Wildman–Crippen MR) is 93.0 cm³/mol. The lowest BCUT2D eigenvalue weighted by atomic mass is 10.1.